The topological polar surface area (TPSA) is 24.9 Å². The molecule has 0 aliphatic heterocycles. The van der Waals surface area contributed by atoms with Crippen molar-refractivity contribution < 1.29 is 0 Å². The van der Waals surface area contributed by atoms with E-state index in [-0.39, 0.29) is 0 Å². The van der Waals surface area contributed by atoms with E-state index in [4.69, 9.17) is 0 Å². The fourth-order valence-corrected chi connectivity index (χ4v) is 1.78. The highest BCUT2D eigenvalue weighted by atomic mass is 79.9. The summed E-state index contributed by atoms with van der Waals surface area (Å²) in [6.07, 6.45) is 3.73. The first-order chi connectivity index (χ1) is 6.25. The molecule has 0 atom stereocenters. The van der Waals surface area contributed by atoms with Gasteiger partial charge in [0.25, 0.3) is 0 Å². The summed E-state index contributed by atoms with van der Waals surface area (Å²) in [5, 5.41) is 0. The van der Waals surface area contributed by atoms with Gasteiger partial charge in [0.2, 0.25) is 0 Å². The zero-order valence-corrected chi connectivity index (χ0v) is 10.2. The average Bonchev–Trinajstić information content (AvgIpc) is 2.13. The Bertz CT molecular complexity index is 278. The molecule has 0 amide bonds. The van der Waals surface area contributed by atoms with Gasteiger partial charge in [-0.3, -0.25) is 9.71 Å². The summed E-state index contributed by atoms with van der Waals surface area (Å²) in [5.74, 6) is 1.08. The van der Waals surface area contributed by atoms with Crippen molar-refractivity contribution in [3.8, 4) is 0 Å². The molecule has 0 saturated heterocycles. The quantitative estimate of drug-likeness (QED) is 0.666. The maximum Gasteiger partial charge on any atom is 0.0413 e. The lowest BCUT2D eigenvalue weighted by Gasteiger charge is -2.06. The first kappa shape index (κ1) is 11.0. The zero-order valence-electron chi connectivity index (χ0n) is 7.80. The van der Waals surface area contributed by atoms with Crippen molar-refractivity contribution in [1.82, 2.24) is 9.71 Å². The molecule has 4 heteroatoms. The Morgan fingerprint density at radius 2 is 2.31 bits per heavy atom. The predicted octanol–water partition coefficient (Wildman–Crippen LogP) is 2.91. The molecule has 2 nitrogen and oxygen atoms in total. The van der Waals surface area contributed by atoms with E-state index in [9.17, 15) is 0 Å². The van der Waals surface area contributed by atoms with E-state index in [0.29, 0.717) is 0 Å². The van der Waals surface area contributed by atoms with Crippen LogP contribution in [-0.2, 0) is 6.54 Å². The smallest absolute Gasteiger partial charge is 0.0413 e. The molecule has 1 heterocycles. The van der Waals surface area contributed by atoms with Crippen LogP contribution in [0.1, 0.15) is 18.1 Å². The first-order valence-corrected chi connectivity index (χ1v) is 5.97. The van der Waals surface area contributed by atoms with Crippen LogP contribution in [0.4, 0.5) is 0 Å². The molecule has 0 radical (unpaired) electrons. The molecular formula is C9H13BrN2S. The molecule has 1 N–H and O–H groups in total. The zero-order chi connectivity index (χ0) is 9.68. The Morgan fingerprint density at radius 3 is 3.00 bits per heavy atom. The molecule has 0 aromatic carbocycles. The lowest BCUT2D eigenvalue weighted by Crippen LogP contribution is -2.05. The van der Waals surface area contributed by atoms with E-state index in [1.165, 1.54) is 11.1 Å². The van der Waals surface area contributed by atoms with Gasteiger partial charge in [0, 0.05) is 29.2 Å². The van der Waals surface area contributed by atoms with Crippen LogP contribution >= 0.6 is 27.9 Å². The van der Waals surface area contributed by atoms with E-state index < -0.39 is 0 Å². The van der Waals surface area contributed by atoms with Crippen molar-refractivity contribution in [1.29, 1.82) is 0 Å². The highest BCUT2D eigenvalue weighted by molar-refractivity contribution is 9.10. The lowest BCUT2D eigenvalue weighted by atomic mass is 10.2. The van der Waals surface area contributed by atoms with Crippen LogP contribution < -0.4 is 4.72 Å². The van der Waals surface area contributed by atoms with Crippen molar-refractivity contribution in [2.45, 2.75) is 20.4 Å². The molecule has 0 spiro atoms. The standard InChI is InChI=1S/C9H13BrN2S/c1-3-13-12-5-8-4-11-6-9(10)7(8)2/h4,6,12H,3,5H2,1-2H3. The minimum absolute atomic E-state index is 0.872. The molecule has 0 fully saturated rings. The molecule has 1 rings (SSSR count). The van der Waals surface area contributed by atoms with Crippen LogP contribution in [-0.4, -0.2) is 10.7 Å². The van der Waals surface area contributed by atoms with E-state index in [1.54, 1.807) is 11.9 Å². The van der Waals surface area contributed by atoms with Crippen LogP contribution in [0.5, 0.6) is 0 Å². The van der Waals surface area contributed by atoms with Crippen molar-refractivity contribution in [3.05, 3.63) is 28.0 Å². The van der Waals surface area contributed by atoms with Gasteiger partial charge >= 0.3 is 0 Å². The van der Waals surface area contributed by atoms with Gasteiger partial charge in [0.1, 0.15) is 0 Å². The van der Waals surface area contributed by atoms with Crippen molar-refractivity contribution in [2.24, 2.45) is 0 Å². The minimum Gasteiger partial charge on any atom is -0.263 e. The number of halogens is 1. The Kier molecular flexibility index (Phi) is 4.77. The number of pyridine rings is 1. The Labute approximate surface area is 91.8 Å². The molecular weight excluding hydrogens is 248 g/mol. The number of rotatable bonds is 4. The summed E-state index contributed by atoms with van der Waals surface area (Å²) in [6, 6.07) is 0. The fourth-order valence-electron chi connectivity index (χ4n) is 0.949. The molecule has 0 aliphatic carbocycles. The molecule has 1 aromatic heterocycles. The van der Waals surface area contributed by atoms with Crippen molar-refractivity contribution in [2.75, 3.05) is 5.75 Å². The molecule has 13 heavy (non-hydrogen) atoms. The highest BCUT2D eigenvalue weighted by Gasteiger charge is 2.01. The van der Waals surface area contributed by atoms with Crippen LogP contribution in [0, 0.1) is 6.92 Å². The second kappa shape index (κ2) is 5.62. The average molecular weight is 261 g/mol. The SMILES string of the molecule is CCSNCc1cncc(Br)c1C. The van der Waals surface area contributed by atoms with Gasteiger partial charge in [-0.1, -0.05) is 18.9 Å². The summed E-state index contributed by atoms with van der Waals surface area (Å²) >= 11 is 5.18. The van der Waals surface area contributed by atoms with E-state index in [2.05, 4.69) is 39.5 Å². The van der Waals surface area contributed by atoms with Crippen LogP contribution in [0.25, 0.3) is 0 Å². The van der Waals surface area contributed by atoms with E-state index in [1.807, 2.05) is 12.4 Å². The molecule has 0 bridgehead atoms. The molecule has 1 aromatic rings. The third kappa shape index (κ3) is 3.29. The largest absolute Gasteiger partial charge is 0.263 e. The summed E-state index contributed by atoms with van der Waals surface area (Å²) in [7, 11) is 0. The maximum atomic E-state index is 4.13. The molecule has 72 valence electrons. The van der Waals surface area contributed by atoms with Gasteiger partial charge in [-0.15, -0.1) is 0 Å². The van der Waals surface area contributed by atoms with Gasteiger partial charge < -0.3 is 0 Å². The van der Waals surface area contributed by atoms with Gasteiger partial charge in [0.15, 0.2) is 0 Å². The maximum absolute atomic E-state index is 4.13. The summed E-state index contributed by atoms with van der Waals surface area (Å²) in [6.45, 7) is 5.10. The van der Waals surface area contributed by atoms with Gasteiger partial charge in [-0.25, -0.2) is 0 Å². The van der Waals surface area contributed by atoms with Crippen molar-refractivity contribution >= 4 is 27.9 Å². The predicted molar refractivity (Wildman–Crippen MR) is 61.6 cm³/mol. The van der Waals surface area contributed by atoms with Crippen LogP contribution in [0.15, 0.2) is 16.9 Å². The monoisotopic (exact) mass is 260 g/mol. The summed E-state index contributed by atoms with van der Waals surface area (Å²) in [4.78, 5) is 4.13. The number of hydrogen-bond acceptors (Lipinski definition) is 3. The first-order valence-electron chi connectivity index (χ1n) is 4.19. The highest BCUT2D eigenvalue weighted by Crippen LogP contribution is 2.17. The lowest BCUT2D eigenvalue weighted by molar-refractivity contribution is 0.945. The van der Waals surface area contributed by atoms with E-state index >= 15 is 0 Å². The number of aromatic nitrogens is 1. The summed E-state index contributed by atoms with van der Waals surface area (Å²) < 4.78 is 4.35. The Balaban J connectivity index is 2.61. The van der Waals surface area contributed by atoms with Gasteiger partial charge in [-0.05, 0) is 34.0 Å². The number of nitrogens with one attached hydrogen (secondary N) is 1. The van der Waals surface area contributed by atoms with Crippen molar-refractivity contribution in [3.63, 3.8) is 0 Å². The summed E-state index contributed by atoms with van der Waals surface area (Å²) in [5.41, 5.74) is 2.51. The number of nitrogens with zero attached hydrogens (tertiary/aromatic N) is 1. The van der Waals surface area contributed by atoms with Crippen LogP contribution in [0.3, 0.4) is 0 Å². The normalized spacial score (nSPS) is 10.4. The Hall–Kier alpha value is -0.0600. The molecule has 0 unspecified atom stereocenters. The van der Waals surface area contributed by atoms with E-state index in [0.717, 1.165) is 16.8 Å². The second-order valence-electron chi connectivity index (χ2n) is 2.66. The second-order valence-corrected chi connectivity index (χ2v) is 4.67. The molecule has 0 saturated carbocycles. The van der Waals surface area contributed by atoms with Gasteiger partial charge in [0.05, 0.1) is 0 Å². The third-order valence-corrected chi connectivity index (χ3v) is 3.20. The minimum atomic E-state index is 0.872. The number of hydrogen-bond donors (Lipinski definition) is 1. The fraction of sp³-hybridized carbons (Fsp3) is 0.444. The van der Waals surface area contributed by atoms with Gasteiger partial charge in [-0.2, -0.15) is 0 Å². The van der Waals surface area contributed by atoms with Crippen LogP contribution in [0.2, 0.25) is 0 Å². The third-order valence-electron chi connectivity index (χ3n) is 1.77. The Morgan fingerprint density at radius 1 is 1.54 bits per heavy atom. The molecule has 0 aliphatic rings.